The van der Waals surface area contributed by atoms with Crippen molar-refractivity contribution in [2.24, 2.45) is 0 Å². The van der Waals surface area contributed by atoms with Gasteiger partial charge < -0.3 is 15.0 Å². The summed E-state index contributed by atoms with van der Waals surface area (Å²) in [4.78, 5) is 30.9. The molecular formula is C27H30N4O6S. The van der Waals surface area contributed by atoms with Crippen molar-refractivity contribution in [1.82, 2.24) is 15.4 Å². The highest BCUT2D eigenvalue weighted by atomic mass is 32.2. The molecule has 0 saturated carbocycles. The van der Waals surface area contributed by atoms with Gasteiger partial charge in [0.05, 0.1) is 23.3 Å². The van der Waals surface area contributed by atoms with E-state index in [0.29, 0.717) is 30.0 Å². The van der Waals surface area contributed by atoms with E-state index in [1.165, 1.54) is 31.4 Å². The number of ether oxygens (including phenoxy) is 1. The van der Waals surface area contributed by atoms with Gasteiger partial charge in [-0.15, -0.1) is 0 Å². The van der Waals surface area contributed by atoms with Crippen LogP contribution in [0.1, 0.15) is 34.0 Å². The number of nitrogens with one attached hydrogen (secondary N) is 2. The van der Waals surface area contributed by atoms with Crippen LogP contribution < -0.4 is 15.5 Å². The zero-order chi connectivity index (χ0) is 27.7. The van der Waals surface area contributed by atoms with Crippen molar-refractivity contribution < 1.29 is 28.0 Å². The van der Waals surface area contributed by atoms with E-state index in [4.69, 9.17) is 4.74 Å². The van der Waals surface area contributed by atoms with Crippen LogP contribution in [0.4, 0.5) is 5.69 Å². The summed E-state index contributed by atoms with van der Waals surface area (Å²) in [5.41, 5.74) is 3.87. The summed E-state index contributed by atoms with van der Waals surface area (Å²) in [5.74, 6) is -1.01. The van der Waals surface area contributed by atoms with Gasteiger partial charge in [0, 0.05) is 31.6 Å². The van der Waals surface area contributed by atoms with E-state index in [-0.39, 0.29) is 22.1 Å². The fourth-order valence-corrected chi connectivity index (χ4v) is 4.80. The number of aromatic nitrogens is 1. The van der Waals surface area contributed by atoms with Gasteiger partial charge in [0.25, 0.3) is 5.91 Å². The molecule has 2 aromatic carbocycles. The number of methoxy groups -OCH3 is 1. The molecule has 0 aliphatic carbocycles. The molecule has 0 unspecified atom stereocenters. The second kappa shape index (κ2) is 12.8. The maximum Gasteiger partial charge on any atom is 0.276 e. The van der Waals surface area contributed by atoms with E-state index >= 15 is 0 Å². The van der Waals surface area contributed by atoms with Crippen molar-refractivity contribution >= 4 is 33.4 Å². The standard InChI is InChI=1S/C27H30N4O6S/c1-4-31(17-20-11-13-28-14-12-20)25(32)10-5-21-15-19(2)26(24(16-21)27(33)30-34)29-18-38(35,36)23-8-6-22(37-3)7-9-23/h5-16,29,34H,4,17-18H2,1-3H3,(H,30,33)/b10-5+. The normalized spacial score (nSPS) is 11.3. The highest BCUT2D eigenvalue weighted by Gasteiger charge is 2.19. The summed E-state index contributed by atoms with van der Waals surface area (Å²) in [5, 5.41) is 12.1. The molecule has 0 radical (unpaired) electrons. The Bertz CT molecular complexity index is 1410. The lowest BCUT2D eigenvalue weighted by molar-refractivity contribution is -0.126. The first-order valence-corrected chi connectivity index (χ1v) is 13.4. The molecule has 200 valence electrons. The Balaban J connectivity index is 1.81. The van der Waals surface area contributed by atoms with E-state index in [2.05, 4.69) is 10.3 Å². The van der Waals surface area contributed by atoms with Gasteiger partial charge in [-0.05, 0) is 85.1 Å². The zero-order valence-electron chi connectivity index (χ0n) is 21.3. The van der Waals surface area contributed by atoms with Crippen LogP contribution in [0.15, 0.2) is 71.9 Å². The quantitative estimate of drug-likeness (QED) is 0.192. The van der Waals surface area contributed by atoms with Gasteiger partial charge >= 0.3 is 0 Å². The minimum atomic E-state index is -3.75. The molecule has 1 heterocycles. The van der Waals surface area contributed by atoms with Crippen molar-refractivity contribution in [2.45, 2.75) is 25.3 Å². The van der Waals surface area contributed by atoms with Crippen LogP contribution in [-0.2, 0) is 21.2 Å². The SMILES string of the molecule is CCN(Cc1ccncc1)C(=O)/C=C/c1cc(C)c(NCS(=O)(=O)c2ccc(OC)cc2)c(C(=O)NO)c1. The molecule has 0 atom stereocenters. The van der Waals surface area contributed by atoms with Crippen LogP contribution >= 0.6 is 0 Å². The molecule has 2 amide bonds. The van der Waals surface area contributed by atoms with Crippen LogP contribution in [0, 0.1) is 6.92 Å². The summed E-state index contributed by atoms with van der Waals surface area (Å²) >= 11 is 0. The minimum absolute atomic E-state index is 0.0219. The molecule has 0 bridgehead atoms. The summed E-state index contributed by atoms with van der Waals surface area (Å²) in [6.07, 6.45) is 6.30. The van der Waals surface area contributed by atoms with E-state index < -0.39 is 21.6 Å². The largest absolute Gasteiger partial charge is 0.497 e. The third kappa shape index (κ3) is 7.17. The Labute approximate surface area is 221 Å². The Hall–Kier alpha value is -4.22. The van der Waals surface area contributed by atoms with Crippen molar-refractivity contribution in [3.8, 4) is 5.75 Å². The summed E-state index contributed by atoms with van der Waals surface area (Å²) in [6.45, 7) is 4.48. The highest BCUT2D eigenvalue weighted by molar-refractivity contribution is 7.91. The molecule has 1 aromatic heterocycles. The molecule has 0 aliphatic heterocycles. The third-order valence-corrected chi connectivity index (χ3v) is 7.31. The predicted octanol–water partition coefficient (Wildman–Crippen LogP) is 3.42. The lowest BCUT2D eigenvalue weighted by Crippen LogP contribution is -2.28. The van der Waals surface area contributed by atoms with Crippen LogP contribution in [0.3, 0.4) is 0 Å². The number of amides is 2. The van der Waals surface area contributed by atoms with Crippen LogP contribution in [0.25, 0.3) is 6.08 Å². The molecule has 10 nitrogen and oxygen atoms in total. The average molecular weight is 539 g/mol. The molecule has 0 fully saturated rings. The van der Waals surface area contributed by atoms with Crippen molar-refractivity contribution in [3.05, 3.63) is 89.3 Å². The van der Waals surface area contributed by atoms with Gasteiger partial charge in [0.2, 0.25) is 5.91 Å². The second-order valence-corrected chi connectivity index (χ2v) is 10.3. The number of carbonyl (C=O) groups excluding carboxylic acids is 2. The van der Waals surface area contributed by atoms with E-state index in [9.17, 15) is 23.2 Å². The van der Waals surface area contributed by atoms with E-state index in [0.717, 1.165) is 5.56 Å². The highest BCUT2D eigenvalue weighted by Crippen LogP contribution is 2.25. The molecule has 3 aromatic rings. The molecule has 3 N–H and O–H groups in total. The number of nitrogens with zero attached hydrogens (tertiary/aromatic N) is 2. The van der Waals surface area contributed by atoms with Gasteiger partial charge in [0.15, 0.2) is 9.84 Å². The molecule has 0 aliphatic rings. The molecular weight excluding hydrogens is 508 g/mol. The first kappa shape index (κ1) is 28.4. The van der Waals surface area contributed by atoms with E-state index in [1.54, 1.807) is 54.0 Å². The molecule has 3 rings (SSSR count). The number of carbonyl (C=O) groups is 2. The summed E-state index contributed by atoms with van der Waals surface area (Å²) in [7, 11) is -2.26. The number of rotatable bonds is 11. The number of anilines is 1. The maximum atomic E-state index is 12.8. The van der Waals surface area contributed by atoms with Gasteiger partial charge in [-0.3, -0.25) is 19.8 Å². The Morgan fingerprint density at radius 3 is 2.39 bits per heavy atom. The maximum absolute atomic E-state index is 12.8. The molecule has 0 spiro atoms. The van der Waals surface area contributed by atoms with Gasteiger partial charge in [-0.25, -0.2) is 13.9 Å². The second-order valence-electron chi connectivity index (χ2n) is 8.35. The van der Waals surface area contributed by atoms with Crippen molar-refractivity contribution in [1.29, 1.82) is 0 Å². The Morgan fingerprint density at radius 1 is 1.11 bits per heavy atom. The number of aryl methyl sites for hydroxylation is 1. The minimum Gasteiger partial charge on any atom is -0.497 e. The molecule has 11 heteroatoms. The number of hydrogen-bond acceptors (Lipinski definition) is 8. The fraction of sp³-hybridized carbons (Fsp3) is 0.222. The number of benzene rings is 2. The summed E-state index contributed by atoms with van der Waals surface area (Å²) in [6, 6.07) is 12.8. The first-order chi connectivity index (χ1) is 18.2. The number of hydroxylamine groups is 1. The lowest BCUT2D eigenvalue weighted by Gasteiger charge is -2.19. The first-order valence-electron chi connectivity index (χ1n) is 11.7. The number of sulfone groups is 1. The smallest absolute Gasteiger partial charge is 0.276 e. The molecule has 0 saturated heterocycles. The topological polar surface area (TPSA) is 138 Å². The van der Waals surface area contributed by atoms with Crippen LogP contribution in [0.5, 0.6) is 5.75 Å². The van der Waals surface area contributed by atoms with Gasteiger partial charge in [0.1, 0.15) is 11.6 Å². The van der Waals surface area contributed by atoms with E-state index in [1.807, 2.05) is 19.1 Å². The number of pyridine rings is 1. The Morgan fingerprint density at radius 2 is 1.79 bits per heavy atom. The van der Waals surface area contributed by atoms with Gasteiger partial charge in [-0.2, -0.15) is 0 Å². The number of likely N-dealkylation sites (N-methyl/N-ethyl adjacent to an activating group) is 1. The average Bonchev–Trinajstić information content (AvgIpc) is 2.93. The van der Waals surface area contributed by atoms with Crippen molar-refractivity contribution in [2.75, 3.05) is 24.8 Å². The predicted molar refractivity (Wildman–Crippen MR) is 143 cm³/mol. The van der Waals surface area contributed by atoms with Crippen LogP contribution in [-0.4, -0.2) is 54.9 Å². The molecule has 38 heavy (non-hydrogen) atoms. The van der Waals surface area contributed by atoms with Crippen molar-refractivity contribution in [3.63, 3.8) is 0 Å². The van der Waals surface area contributed by atoms with Gasteiger partial charge in [-0.1, -0.05) is 0 Å². The lowest BCUT2D eigenvalue weighted by atomic mass is 10.0. The number of hydrogen-bond donors (Lipinski definition) is 3. The Kier molecular flexibility index (Phi) is 9.58. The zero-order valence-corrected chi connectivity index (χ0v) is 22.2. The fourth-order valence-electron chi connectivity index (χ4n) is 3.75. The summed E-state index contributed by atoms with van der Waals surface area (Å²) < 4.78 is 30.7. The van der Waals surface area contributed by atoms with Crippen LogP contribution in [0.2, 0.25) is 0 Å². The monoisotopic (exact) mass is 538 g/mol. The third-order valence-electron chi connectivity index (χ3n) is 5.80.